The van der Waals surface area contributed by atoms with Gasteiger partial charge in [-0.2, -0.15) is 0 Å². The summed E-state index contributed by atoms with van der Waals surface area (Å²) in [4.78, 5) is 16.2. The van der Waals surface area contributed by atoms with Gasteiger partial charge in [0.1, 0.15) is 0 Å². The molecule has 2 aliphatic rings. The molecule has 3 rings (SSSR count). The first-order chi connectivity index (χ1) is 12.2. The van der Waals surface area contributed by atoms with Crippen LogP contribution < -0.4 is 25.4 Å². The number of guanidine groups is 1. The zero-order valence-electron chi connectivity index (χ0n) is 14.6. The van der Waals surface area contributed by atoms with Crippen LogP contribution in [0.1, 0.15) is 37.7 Å². The molecular weight excluding hydrogens is 320 g/mol. The van der Waals surface area contributed by atoms with Crippen molar-refractivity contribution < 1.29 is 14.3 Å². The molecule has 0 aromatic heterocycles. The Morgan fingerprint density at radius 3 is 2.76 bits per heavy atom. The SMILES string of the molecule is CN=C(NCC(=O)NC1CCCCC1)NCc1ccc2c(c1)OCO2. The van der Waals surface area contributed by atoms with Crippen molar-refractivity contribution in [1.82, 2.24) is 16.0 Å². The normalized spacial score (nSPS) is 17.2. The van der Waals surface area contributed by atoms with Crippen molar-refractivity contribution in [3.8, 4) is 11.5 Å². The van der Waals surface area contributed by atoms with Crippen molar-refractivity contribution in [2.24, 2.45) is 4.99 Å². The van der Waals surface area contributed by atoms with Crippen LogP contribution in [-0.4, -0.2) is 38.3 Å². The summed E-state index contributed by atoms with van der Waals surface area (Å²) in [7, 11) is 1.69. The lowest BCUT2D eigenvalue weighted by Crippen LogP contribution is -2.45. The van der Waals surface area contributed by atoms with E-state index in [0.29, 0.717) is 18.5 Å². The molecule has 1 aliphatic heterocycles. The van der Waals surface area contributed by atoms with E-state index in [1.54, 1.807) is 7.05 Å². The molecule has 0 bridgehead atoms. The zero-order chi connectivity index (χ0) is 17.5. The summed E-state index contributed by atoms with van der Waals surface area (Å²) in [6.45, 7) is 1.07. The van der Waals surface area contributed by atoms with E-state index >= 15 is 0 Å². The van der Waals surface area contributed by atoms with Gasteiger partial charge in [0.05, 0.1) is 6.54 Å². The Balaban J connectivity index is 1.41. The lowest BCUT2D eigenvalue weighted by atomic mass is 9.95. The van der Waals surface area contributed by atoms with Gasteiger partial charge in [-0.25, -0.2) is 0 Å². The summed E-state index contributed by atoms with van der Waals surface area (Å²) in [6.07, 6.45) is 5.86. The Kier molecular flexibility index (Phi) is 5.98. The van der Waals surface area contributed by atoms with Crippen molar-refractivity contribution in [2.75, 3.05) is 20.4 Å². The van der Waals surface area contributed by atoms with Gasteiger partial charge in [-0.15, -0.1) is 0 Å². The molecule has 1 heterocycles. The van der Waals surface area contributed by atoms with E-state index < -0.39 is 0 Å². The first-order valence-electron chi connectivity index (χ1n) is 8.87. The molecule has 0 unspecified atom stereocenters. The van der Waals surface area contributed by atoms with Crippen LogP contribution in [0.15, 0.2) is 23.2 Å². The van der Waals surface area contributed by atoms with E-state index in [4.69, 9.17) is 9.47 Å². The van der Waals surface area contributed by atoms with E-state index in [9.17, 15) is 4.79 Å². The summed E-state index contributed by atoms with van der Waals surface area (Å²) >= 11 is 0. The second-order valence-corrected chi connectivity index (χ2v) is 6.37. The van der Waals surface area contributed by atoms with E-state index in [2.05, 4.69) is 20.9 Å². The summed E-state index contributed by atoms with van der Waals surface area (Å²) in [5, 5.41) is 9.34. The number of benzene rings is 1. The van der Waals surface area contributed by atoms with Crippen LogP contribution in [0.25, 0.3) is 0 Å². The lowest BCUT2D eigenvalue weighted by molar-refractivity contribution is -0.120. The lowest BCUT2D eigenvalue weighted by Gasteiger charge is -2.23. The number of hydrogen-bond donors (Lipinski definition) is 3. The molecule has 1 amide bonds. The number of nitrogens with one attached hydrogen (secondary N) is 3. The molecule has 7 heteroatoms. The number of hydrogen-bond acceptors (Lipinski definition) is 4. The second-order valence-electron chi connectivity index (χ2n) is 6.37. The molecule has 1 saturated carbocycles. The number of amides is 1. The van der Waals surface area contributed by atoms with Crippen molar-refractivity contribution in [3.63, 3.8) is 0 Å². The van der Waals surface area contributed by atoms with Gasteiger partial charge in [-0.05, 0) is 30.5 Å². The van der Waals surface area contributed by atoms with Crippen LogP contribution in [-0.2, 0) is 11.3 Å². The first kappa shape index (κ1) is 17.4. The van der Waals surface area contributed by atoms with Crippen LogP contribution in [0, 0.1) is 0 Å². The Bertz CT molecular complexity index is 627. The summed E-state index contributed by atoms with van der Waals surface area (Å²) in [5.41, 5.74) is 1.05. The van der Waals surface area contributed by atoms with Crippen molar-refractivity contribution in [1.29, 1.82) is 0 Å². The fourth-order valence-corrected chi connectivity index (χ4v) is 3.15. The predicted octanol–water partition coefficient (Wildman–Crippen LogP) is 1.53. The second kappa shape index (κ2) is 8.60. The van der Waals surface area contributed by atoms with E-state index in [1.807, 2.05) is 18.2 Å². The summed E-state index contributed by atoms with van der Waals surface area (Å²) < 4.78 is 10.7. The number of nitrogens with zero attached hydrogens (tertiary/aromatic N) is 1. The standard InChI is InChI=1S/C18H26N4O3/c1-19-18(21-11-17(23)22-14-5-3-2-4-6-14)20-10-13-7-8-15-16(9-13)25-12-24-15/h7-9,14H,2-6,10-12H2,1H3,(H,22,23)(H2,19,20,21). The minimum absolute atomic E-state index is 0.0120. The molecule has 0 radical (unpaired) electrons. The number of rotatable bonds is 5. The van der Waals surface area contributed by atoms with Gasteiger partial charge in [0.2, 0.25) is 12.7 Å². The third-order valence-corrected chi connectivity index (χ3v) is 4.51. The molecular formula is C18H26N4O3. The van der Waals surface area contributed by atoms with Crippen molar-refractivity contribution in [2.45, 2.75) is 44.7 Å². The minimum atomic E-state index is 0.0120. The molecule has 25 heavy (non-hydrogen) atoms. The van der Waals surface area contributed by atoms with Gasteiger partial charge in [-0.1, -0.05) is 25.3 Å². The monoisotopic (exact) mass is 346 g/mol. The van der Waals surface area contributed by atoms with Crippen LogP contribution in [0.2, 0.25) is 0 Å². The highest BCUT2D eigenvalue weighted by Gasteiger charge is 2.16. The maximum absolute atomic E-state index is 12.0. The average Bonchev–Trinajstić information content (AvgIpc) is 3.10. The third kappa shape index (κ3) is 5.01. The summed E-state index contributed by atoms with van der Waals surface area (Å²) in [6, 6.07) is 6.14. The van der Waals surface area contributed by atoms with E-state index in [0.717, 1.165) is 29.9 Å². The van der Waals surface area contributed by atoms with Crippen LogP contribution >= 0.6 is 0 Å². The van der Waals surface area contributed by atoms with Crippen LogP contribution in [0.3, 0.4) is 0 Å². The van der Waals surface area contributed by atoms with Crippen LogP contribution in [0.4, 0.5) is 0 Å². The quantitative estimate of drug-likeness (QED) is 0.556. The molecule has 3 N–H and O–H groups in total. The first-order valence-corrected chi connectivity index (χ1v) is 8.87. The number of fused-ring (bicyclic) bond motifs is 1. The zero-order valence-corrected chi connectivity index (χ0v) is 14.6. The van der Waals surface area contributed by atoms with E-state index in [-0.39, 0.29) is 19.2 Å². The number of aliphatic imine (C=N–C) groups is 1. The largest absolute Gasteiger partial charge is 0.454 e. The molecule has 136 valence electrons. The maximum Gasteiger partial charge on any atom is 0.239 e. The maximum atomic E-state index is 12.0. The molecule has 0 spiro atoms. The van der Waals surface area contributed by atoms with Gasteiger partial charge in [-0.3, -0.25) is 9.79 Å². The molecule has 0 saturated heterocycles. The smallest absolute Gasteiger partial charge is 0.239 e. The van der Waals surface area contributed by atoms with Gasteiger partial charge in [0.25, 0.3) is 0 Å². The number of ether oxygens (including phenoxy) is 2. The fraction of sp³-hybridized carbons (Fsp3) is 0.556. The van der Waals surface area contributed by atoms with Crippen LogP contribution in [0.5, 0.6) is 11.5 Å². The molecule has 7 nitrogen and oxygen atoms in total. The van der Waals surface area contributed by atoms with Crippen molar-refractivity contribution >= 4 is 11.9 Å². The average molecular weight is 346 g/mol. The Hall–Kier alpha value is -2.44. The number of carbonyl (C=O) groups is 1. The highest BCUT2D eigenvalue weighted by molar-refractivity contribution is 5.86. The topological polar surface area (TPSA) is 84.0 Å². The molecule has 1 aromatic rings. The molecule has 1 fully saturated rings. The molecule has 1 aliphatic carbocycles. The highest BCUT2D eigenvalue weighted by atomic mass is 16.7. The molecule has 1 aromatic carbocycles. The number of carbonyl (C=O) groups excluding carboxylic acids is 1. The van der Waals surface area contributed by atoms with Gasteiger partial charge in [0, 0.05) is 19.6 Å². The summed E-state index contributed by atoms with van der Waals surface area (Å²) in [5.74, 6) is 2.13. The highest BCUT2D eigenvalue weighted by Crippen LogP contribution is 2.32. The van der Waals surface area contributed by atoms with Gasteiger partial charge >= 0.3 is 0 Å². The Morgan fingerprint density at radius 1 is 1.16 bits per heavy atom. The van der Waals surface area contributed by atoms with Crippen molar-refractivity contribution in [3.05, 3.63) is 23.8 Å². The predicted molar refractivity (Wildman–Crippen MR) is 95.8 cm³/mol. The molecule has 0 atom stereocenters. The van der Waals surface area contributed by atoms with Gasteiger partial charge in [0.15, 0.2) is 17.5 Å². The Morgan fingerprint density at radius 2 is 1.96 bits per heavy atom. The Labute approximate surface area is 148 Å². The van der Waals surface area contributed by atoms with E-state index in [1.165, 1.54) is 19.3 Å². The van der Waals surface area contributed by atoms with Gasteiger partial charge < -0.3 is 25.4 Å². The fourth-order valence-electron chi connectivity index (χ4n) is 3.15. The minimum Gasteiger partial charge on any atom is -0.454 e. The third-order valence-electron chi connectivity index (χ3n) is 4.51.